The van der Waals surface area contributed by atoms with Gasteiger partial charge in [-0.2, -0.15) is 5.10 Å². The maximum atomic E-state index is 12.6. The number of rotatable bonds is 5. The zero-order chi connectivity index (χ0) is 17.1. The standard InChI is InChI=1S/C19H32N4O/c1-4-20-15-10-11-17-16(12-15)18(19(24)22(2)3)21-23(17)13-14-8-6-5-7-9-14/h14-15,20H,4-13H2,1-3H3/t15-/m0/s1. The Morgan fingerprint density at radius 2 is 2.00 bits per heavy atom. The van der Waals surface area contributed by atoms with Crippen molar-refractivity contribution in [3.8, 4) is 0 Å². The second kappa shape index (κ2) is 7.68. The lowest BCUT2D eigenvalue weighted by molar-refractivity contribution is 0.0819. The van der Waals surface area contributed by atoms with Crippen LogP contribution >= 0.6 is 0 Å². The van der Waals surface area contributed by atoms with Gasteiger partial charge in [0.05, 0.1) is 0 Å². The fraction of sp³-hybridized carbons (Fsp3) is 0.789. The van der Waals surface area contributed by atoms with Crippen LogP contribution in [0, 0.1) is 5.92 Å². The van der Waals surface area contributed by atoms with Crippen LogP contribution in [0.4, 0.5) is 0 Å². The van der Waals surface area contributed by atoms with E-state index in [1.54, 1.807) is 4.90 Å². The summed E-state index contributed by atoms with van der Waals surface area (Å²) < 4.78 is 2.18. The molecule has 1 saturated carbocycles. The van der Waals surface area contributed by atoms with Crippen LogP contribution in [-0.4, -0.2) is 47.3 Å². The maximum Gasteiger partial charge on any atom is 0.274 e. The summed E-state index contributed by atoms with van der Waals surface area (Å²) in [5.41, 5.74) is 3.20. The SMILES string of the molecule is CCN[C@H]1CCc2c(c(C(=O)N(C)C)nn2CC2CCCCC2)C1. The summed E-state index contributed by atoms with van der Waals surface area (Å²) in [4.78, 5) is 14.3. The van der Waals surface area contributed by atoms with Crippen LogP contribution in [0.2, 0.25) is 0 Å². The molecule has 1 aromatic heterocycles. The number of nitrogens with one attached hydrogen (secondary N) is 1. The molecule has 0 aliphatic heterocycles. The molecule has 3 rings (SSSR count). The predicted molar refractivity (Wildman–Crippen MR) is 96.3 cm³/mol. The van der Waals surface area contributed by atoms with Gasteiger partial charge in [0.25, 0.3) is 5.91 Å². The van der Waals surface area contributed by atoms with E-state index in [0.29, 0.717) is 11.7 Å². The Bertz CT molecular complexity index is 572. The lowest BCUT2D eigenvalue weighted by atomic mass is 9.88. The number of hydrogen-bond donors (Lipinski definition) is 1. The summed E-state index contributed by atoms with van der Waals surface area (Å²) >= 11 is 0. The molecule has 5 nitrogen and oxygen atoms in total. The van der Waals surface area contributed by atoms with Gasteiger partial charge in [-0.3, -0.25) is 9.48 Å². The summed E-state index contributed by atoms with van der Waals surface area (Å²) in [7, 11) is 3.64. The Hall–Kier alpha value is -1.36. The number of nitrogens with zero attached hydrogens (tertiary/aromatic N) is 3. The fourth-order valence-electron chi connectivity index (χ4n) is 4.30. The molecule has 0 radical (unpaired) electrons. The number of carbonyl (C=O) groups is 1. The Morgan fingerprint density at radius 1 is 1.25 bits per heavy atom. The van der Waals surface area contributed by atoms with Crippen molar-refractivity contribution in [3.63, 3.8) is 0 Å². The molecule has 0 unspecified atom stereocenters. The third kappa shape index (κ3) is 3.66. The van der Waals surface area contributed by atoms with Gasteiger partial charge in [0, 0.05) is 37.9 Å². The van der Waals surface area contributed by atoms with E-state index >= 15 is 0 Å². The Labute approximate surface area is 145 Å². The number of amides is 1. The molecule has 1 heterocycles. The van der Waals surface area contributed by atoms with Gasteiger partial charge in [-0.25, -0.2) is 0 Å². The summed E-state index contributed by atoms with van der Waals surface area (Å²) in [5.74, 6) is 0.780. The highest BCUT2D eigenvalue weighted by atomic mass is 16.2. The highest BCUT2D eigenvalue weighted by Crippen LogP contribution is 2.29. The largest absolute Gasteiger partial charge is 0.343 e. The summed E-state index contributed by atoms with van der Waals surface area (Å²) in [6.07, 6.45) is 9.81. The van der Waals surface area contributed by atoms with Crippen molar-refractivity contribution in [2.24, 2.45) is 5.92 Å². The van der Waals surface area contributed by atoms with Crippen molar-refractivity contribution in [2.45, 2.75) is 70.9 Å². The average Bonchev–Trinajstić information content (AvgIpc) is 2.93. The molecule has 5 heteroatoms. The molecule has 2 aliphatic rings. The van der Waals surface area contributed by atoms with Crippen molar-refractivity contribution in [3.05, 3.63) is 17.0 Å². The first-order chi connectivity index (χ1) is 11.6. The molecule has 0 saturated heterocycles. The van der Waals surface area contributed by atoms with Crippen LogP contribution in [0.5, 0.6) is 0 Å². The number of carbonyl (C=O) groups excluding carboxylic acids is 1. The summed E-state index contributed by atoms with van der Waals surface area (Å²) in [6, 6.07) is 0.476. The van der Waals surface area contributed by atoms with Crippen LogP contribution in [0.15, 0.2) is 0 Å². The molecule has 1 fully saturated rings. The van der Waals surface area contributed by atoms with Gasteiger partial charge in [0.15, 0.2) is 5.69 Å². The van der Waals surface area contributed by atoms with E-state index in [0.717, 1.165) is 38.3 Å². The van der Waals surface area contributed by atoms with Gasteiger partial charge in [-0.05, 0) is 44.6 Å². The topological polar surface area (TPSA) is 50.2 Å². The van der Waals surface area contributed by atoms with Crippen LogP contribution in [-0.2, 0) is 19.4 Å². The smallest absolute Gasteiger partial charge is 0.274 e. The maximum absolute atomic E-state index is 12.6. The molecular weight excluding hydrogens is 300 g/mol. The lowest BCUT2D eigenvalue weighted by Gasteiger charge is -2.26. The average molecular weight is 332 g/mol. The first-order valence-electron chi connectivity index (χ1n) is 9.63. The van der Waals surface area contributed by atoms with E-state index < -0.39 is 0 Å². The highest BCUT2D eigenvalue weighted by molar-refractivity contribution is 5.93. The normalized spacial score (nSPS) is 21.5. The Morgan fingerprint density at radius 3 is 2.67 bits per heavy atom. The fourth-order valence-corrected chi connectivity index (χ4v) is 4.30. The molecule has 1 amide bonds. The first-order valence-corrected chi connectivity index (χ1v) is 9.63. The van der Waals surface area contributed by atoms with Crippen LogP contribution in [0.25, 0.3) is 0 Å². The molecule has 1 N–H and O–H groups in total. The van der Waals surface area contributed by atoms with Crippen molar-refractivity contribution in [1.82, 2.24) is 20.0 Å². The monoisotopic (exact) mass is 332 g/mol. The van der Waals surface area contributed by atoms with E-state index in [4.69, 9.17) is 5.10 Å². The molecule has 24 heavy (non-hydrogen) atoms. The molecule has 1 atom stereocenters. The number of aromatic nitrogens is 2. The summed E-state index contributed by atoms with van der Waals surface area (Å²) in [5, 5.41) is 8.35. The van der Waals surface area contributed by atoms with Crippen LogP contribution in [0.1, 0.15) is 67.2 Å². The van der Waals surface area contributed by atoms with E-state index in [1.165, 1.54) is 43.4 Å². The van der Waals surface area contributed by atoms with E-state index in [-0.39, 0.29) is 5.91 Å². The van der Waals surface area contributed by atoms with E-state index in [9.17, 15) is 4.79 Å². The quantitative estimate of drug-likeness (QED) is 0.902. The van der Waals surface area contributed by atoms with Gasteiger partial charge in [-0.1, -0.05) is 26.2 Å². The minimum Gasteiger partial charge on any atom is -0.343 e. The van der Waals surface area contributed by atoms with Crippen molar-refractivity contribution >= 4 is 5.91 Å². The predicted octanol–water partition coefficient (Wildman–Crippen LogP) is 2.63. The zero-order valence-electron chi connectivity index (χ0n) is 15.5. The lowest BCUT2D eigenvalue weighted by Crippen LogP contribution is -2.35. The van der Waals surface area contributed by atoms with Gasteiger partial charge < -0.3 is 10.2 Å². The zero-order valence-corrected chi connectivity index (χ0v) is 15.5. The molecular formula is C19H32N4O. The summed E-state index contributed by atoms with van der Waals surface area (Å²) in [6.45, 7) is 4.12. The van der Waals surface area contributed by atoms with E-state index in [2.05, 4.69) is 16.9 Å². The second-order valence-corrected chi connectivity index (χ2v) is 7.66. The first kappa shape index (κ1) is 17.5. The minimum absolute atomic E-state index is 0.0470. The number of likely N-dealkylation sites (N-methyl/N-ethyl adjacent to an activating group) is 1. The number of hydrogen-bond acceptors (Lipinski definition) is 3. The van der Waals surface area contributed by atoms with Crippen LogP contribution < -0.4 is 5.32 Å². The van der Waals surface area contributed by atoms with Gasteiger partial charge in [0.2, 0.25) is 0 Å². The van der Waals surface area contributed by atoms with Gasteiger partial charge >= 0.3 is 0 Å². The Kier molecular flexibility index (Phi) is 5.59. The second-order valence-electron chi connectivity index (χ2n) is 7.66. The third-order valence-electron chi connectivity index (χ3n) is 5.60. The molecule has 1 aromatic rings. The Balaban J connectivity index is 1.87. The number of fused-ring (bicyclic) bond motifs is 1. The van der Waals surface area contributed by atoms with E-state index in [1.807, 2.05) is 14.1 Å². The minimum atomic E-state index is 0.0470. The molecule has 134 valence electrons. The molecule has 0 spiro atoms. The highest BCUT2D eigenvalue weighted by Gasteiger charge is 2.30. The van der Waals surface area contributed by atoms with Gasteiger partial charge in [0.1, 0.15) is 0 Å². The molecule has 0 aromatic carbocycles. The molecule has 2 aliphatic carbocycles. The van der Waals surface area contributed by atoms with Crippen molar-refractivity contribution < 1.29 is 4.79 Å². The van der Waals surface area contributed by atoms with Gasteiger partial charge in [-0.15, -0.1) is 0 Å². The van der Waals surface area contributed by atoms with Crippen molar-refractivity contribution in [1.29, 1.82) is 0 Å². The van der Waals surface area contributed by atoms with Crippen molar-refractivity contribution in [2.75, 3.05) is 20.6 Å². The third-order valence-corrected chi connectivity index (χ3v) is 5.60. The van der Waals surface area contributed by atoms with Crippen LogP contribution in [0.3, 0.4) is 0 Å². The molecule has 0 bridgehead atoms.